The minimum atomic E-state index is -0.0795. The number of carbonyl (C=O) groups is 1. The number of benzene rings is 3. The zero-order chi connectivity index (χ0) is 19.7. The average molecular weight is 389 g/mol. The molecule has 1 heterocycles. The van der Waals surface area contributed by atoms with Gasteiger partial charge in [0.1, 0.15) is 5.71 Å². The monoisotopic (exact) mass is 388 g/mol. The fourth-order valence-electron chi connectivity index (χ4n) is 3.36. The van der Waals surface area contributed by atoms with Gasteiger partial charge in [-0.25, -0.2) is 4.99 Å². The normalized spacial score (nSPS) is 14.8. The third-order valence-electron chi connectivity index (χ3n) is 4.95. The summed E-state index contributed by atoms with van der Waals surface area (Å²) in [5, 5.41) is 0.684. The number of carbonyl (C=O) groups excluding carboxylic acids is 1. The molecule has 0 aliphatic carbocycles. The molecule has 1 aliphatic rings. The molecule has 3 aromatic carbocycles. The summed E-state index contributed by atoms with van der Waals surface area (Å²) in [7, 11) is 0. The molecule has 0 aromatic heterocycles. The minimum Gasteiger partial charge on any atom is -0.302 e. The summed E-state index contributed by atoms with van der Waals surface area (Å²) < 4.78 is 0. The molecule has 140 valence electrons. The van der Waals surface area contributed by atoms with Gasteiger partial charge in [-0.1, -0.05) is 67.9 Å². The highest BCUT2D eigenvalue weighted by molar-refractivity contribution is 6.54. The number of para-hydroxylation sites is 1. The summed E-state index contributed by atoms with van der Waals surface area (Å²) >= 11 is 5.98. The van der Waals surface area contributed by atoms with Crippen LogP contribution >= 0.6 is 11.6 Å². The summed E-state index contributed by atoms with van der Waals surface area (Å²) in [5.74, 6) is 0.384. The summed E-state index contributed by atoms with van der Waals surface area (Å²) in [5.41, 5.74) is 5.31. The third kappa shape index (κ3) is 3.58. The molecule has 28 heavy (non-hydrogen) atoms. The molecule has 0 N–H and O–H groups in total. The van der Waals surface area contributed by atoms with Crippen LogP contribution in [0.15, 0.2) is 77.8 Å². The lowest BCUT2D eigenvalue weighted by Crippen LogP contribution is -2.29. The second kappa shape index (κ2) is 7.61. The molecular formula is C24H21ClN2O. The van der Waals surface area contributed by atoms with Crippen LogP contribution in [-0.2, 0) is 11.3 Å². The molecular weight excluding hydrogens is 368 g/mol. The third-order valence-corrected chi connectivity index (χ3v) is 5.20. The first kappa shape index (κ1) is 18.5. The maximum absolute atomic E-state index is 13.2. The summed E-state index contributed by atoms with van der Waals surface area (Å²) in [6, 6.07) is 23.5. The van der Waals surface area contributed by atoms with Gasteiger partial charge in [-0.05, 0) is 47.4 Å². The number of hydrogen-bond donors (Lipinski definition) is 0. The topological polar surface area (TPSA) is 32.7 Å². The highest BCUT2D eigenvalue weighted by Crippen LogP contribution is 2.32. The molecule has 0 unspecified atom stereocenters. The number of nitrogens with zero attached hydrogens (tertiary/aromatic N) is 2. The van der Waals surface area contributed by atoms with Crippen LogP contribution in [0.2, 0.25) is 5.02 Å². The number of hydrogen-bond acceptors (Lipinski definition) is 2. The van der Waals surface area contributed by atoms with E-state index >= 15 is 0 Å². The van der Waals surface area contributed by atoms with Crippen molar-refractivity contribution < 1.29 is 4.79 Å². The number of amides is 1. The zero-order valence-corrected chi connectivity index (χ0v) is 16.6. The van der Waals surface area contributed by atoms with Gasteiger partial charge in [0.15, 0.2) is 0 Å². The van der Waals surface area contributed by atoms with Gasteiger partial charge in [0.05, 0.1) is 17.9 Å². The van der Waals surface area contributed by atoms with Crippen molar-refractivity contribution in [2.45, 2.75) is 26.3 Å². The van der Waals surface area contributed by atoms with Crippen LogP contribution in [0.1, 0.15) is 36.5 Å². The molecule has 0 saturated heterocycles. The van der Waals surface area contributed by atoms with Crippen LogP contribution in [0.3, 0.4) is 0 Å². The van der Waals surface area contributed by atoms with Crippen LogP contribution in [0.4, 0.5) is 11.4 Å². The molecule has 1 amide bonds. The van der Waals surface area contributed by atoms with E-state index in [2.05, 4.69) is 26.0 Å². The van der Waals surface area contributed by atoms with Gasteiger partial charge in [-0.2, -0.15) is 0 Å². The smallest absolute Gasteiger partial charge is 0.277 e. The highest BCUT2D eigenvalue weighted by atomic mass is 35.5. The van der Waals surface area contributed by atoms with Crippen molar-refractivity contribution in [1.82, 2.24) is 0 Å². The van der Waals surface area contributed by atoms with Gasteiger partial charge in [0, 0.05) is 10.6 Å². The van der Waals surface area contributed by atoms with Crippen molar-refractivity contribution in [2.75, 3.05) is 4.90 Å². The van der Waals surface area contributed by atoms with Crippen molar-refractivity contribution in [3.63, 3.8) is 0 Å². The Labute approximate surface area is 170 Å². The molecule has 3 nitrogen and oxygen atoms in total. The number of rotatable bonds is 4. The maximum atomic E-state index is 13.2. The second-order valence-electron chi connectivity index (χ2n) is 7.24. The Bertz CT molecular complexity index is 1040. The Hall–Kier alpha value is -2.91. The van der Waals surface area contributed by atoms with Crippen molar-refractivity contribution >= 4 is 34.6 Å². The zero-order valence-electron chi connectivity index (χ0n) is 15.9. The van der Waals surface area contributed by atoms with E-state index in [1.807, 2.05) is 60.7 Å². The van der Waals surface area contributed by atoms with Crippen molar-refractivity contribution in [3.05, 3.63) is 94.5 Å². The molecule has 0 radical (unpaired) electrons. The number of fused-ring (bicyclic) bond motifs is 1. The maximum Gasteiger partial charge on any atom is 0.277 e. The highest BCUT2D eigenvalue weighted by Gasteiger charge is 2.33. The Balaban J connectivity index is 1.69. The molecule has 0 saturated carbocycles. The summed E-state index contributed by atoms with van der Waals surface area (Å²) in [4.78, 5) is 19.7. The Kier molecular flexibility index (Phi) is 5.01. The molecule has 0 fully saturated rings. The van der Waals surface area contributed by atoms with Crippen LogP contribution in [0, 0.1) is 0 Å². The fraction of sp³-hybridized carbons (Fsp3) is 0.167. The molecule has 0 atom stereocenters. The standard InChI is InChI=1S/C24H21ClN2O/c1-16(2)18-9-13-20(14-10-18)26-23-21-5-3-4-6-22(21)27(24(23)28)15-17-7-11-19(25)12-8-17/h3-14,16H,15H2,1-2H3. The van der Waals surface area contributed by atoms with E-state index in [9.17, 15) is 4.79 Å². The largest absolute Gasteiger partial charge is 0.302 e. The van der Waals surface area contributed by atoms with Crippen LogP contribution in [0.25, 0.3) is 0 Å². The van der Waals surface area contributed by atoms with Gasteiger partial charge in [-0.3, -0.25) is 4.79 Å². The SMILES string of the molecule is CC(C)c1ccc(N=C2C(=O)N(Cc3ccc(Cl)cc3)c3ccccc32)cc1. The Morgan fingerprint density at radius 2 is 1.61 bits per heavy atom. The molecule has 3 aromatic rings. The van der Waals surface area contributed by atoms with Crippen LogP contribution < -0.4 is 4.90 Å². The van der Waals surface area contributed by atoms with Crippen molar-refractivity contribution in [3.8, 4) is 0 Å². The van der Waals surface area contributed by atoms with Gasteiger partial charge in [0.2, 0.25) is 0 Å². The van der Waals surface area contributed by atoms with Crippen molar-refractivity contribution in [1.29, 1.82) is 0 Å². The molecule has 1 aliphatic heterocycles. The lowest BCUT2D eigenvalue weighted by atomic mass is 10.0. The molecule has 0 bridgehead atoms. The predicted octanol–water partition coefficient (Wildman–Crippen LogP) is 6.13. The lowest BCUT2D eigenvalue weighted by molar-refractivity contribution is -0.112. The van der Waals surface area contributed by atoms with Gasteiger partial charge in [0.25, 0.3) is 5.91 Å². The molecule has 0 spiro atoms. The van der Waals surface area contributed by atoms with E-state index in [1.54, 1.807) is 4.90 Å². The van der Waals surface area contributed by atoms with E-state index in [0.717, 1.165) is 22.5 Å². The second-order valence-corrected chi connectivity index (χ2v) is 7.68. The fourth-order valence-corrected chi connectivity index (χ4v) is 3.49. The van der Waals surface area contributed by atoms with Gasteiger partial charge in [-0.15, -0.1) is 0 Å². The van der Waals surface area contributed by atoms with Crippen LogP contribution in [0.5, 0.6) is 0 Å². The predicted molar refractivity (Wildman–Crippen MR) is 116 cm³/mol. The quantitative estimate of drug-likeness (QED) is 0.529. The first-order valence-electron chi connectivity index (χ1n) is 9.37. The first-order valence-corrected chi connectivity index (χ1v) is 9.75. The first-order chi connectivity index (χ1) is 13.5. The van der Waals surface area contributed by atoms with Crippen molar-refractivity contribution in [2.24, 2.45) is 4.99 Å². The summed E-state index contributed by atoms with van der Waals surface area (Å²) in [6.07, 6.45) is 0. The molecule has 4 heteroatoms. The van der Waals surface area contributed by atoms with E-state index in [1.165, 1.54) is 5.56 Å². The van der Waals surface area contributed by atoms with E-state index in [-0.39, 0.29) is 5.91 Å². The van der Waals surface area contributed by atoms with E-state index in [0.29, 0.717) is 23.2 Å². The van der Waals surface area contributed by atoms with Gasteiger partial charge < -0.3 is 4.90 Å². The van der Waals surface area contributed by atoms with E-state index in [4.69, 9.17) is 16.6 Å². The lowest BCUT2D eigenvalue weighted by Gasteiger charge is -2.16. The Morgan fingerprint density at radius 3 is 2.29 bits per heavy atom. The number of aliphatic imine (C=N–C) groups is 1. The number of anilines is 1. The van der Waals surface area contributed by atoms with Gasteiger partial charge >= 0.3 is 0 Å². The van der Waals surface area contributed by atoms with Crippen LogP contribution in [-0.4, -0.2) is 11.6 Å². The number of halogens is 1. The molecule has 4 rings (SSSR count). The summed E-state index contributed by atoms with van der Waals surface area (Å²) in [6.45, 7) is 4.80. The average Bonchev–Trinajstić information content (AvgIpc) is 2.96. The minimum absolute atomic E-state index is 0.0795. The Morgan fingerprint density at radius 1 is 0.929 bits per heavy atom. The van der Waals surface area contributed by atoms with E-state index < -0.39 is 0 Å².